The Balaban J connectivity index is 1.98. The molecule has 0 bridgehead atoms. The summed E-state index contributed by atoms with van der Waals surface area (Å²) >= 11 is 1.49. The van der Waals surface area contributed by atoms with Crippen LogP contribution in [0.15, 0.2) is 71.1 Å². The molecule has 1 N–H and O–H groups in total. The monoisotopic (exact) mass is 400 g/mol. The molecule has 2 heterocycles. The van der Waals surface area contributed by atoms with Gasteiger partial charge in [0.25, 0.3) is 10.0 Å². The molecule has 0 atom stereocenters. The number of fused-ring (bicyclic) bond motifs is 1. The van der Waals surface area contributed by atoms with E-state index >= 15 is 0 Å². The Kier molecular flexibility index (Phi) is 4.59. The summed E-state index contributed by atoms with van der Waals surface area (Å²) in [6.45, 7) is 0.479. The smallest absolute Gasteiger partial charge is 0.268 e. The predicted octanol–water partition coefficient (Wildman–Crippen LogP) is 4.47. The van der Waals surface area contributed by atoms with E-state index in [9.17, 15) is 12.8 Å². The van der Waals surface area contributed by atoms with E-state index < -0.39 is 15.8 Å². The fourth-order valence-electron chi connectivity index (χ4n) is 3.16. The number of nitrogens with zero attached hydrogens (tertiary/aromatic N) is 1. The standard InChI is InChI=1S/C20H17FN2O2S2/c1-22-12-14-11-18(15-5-2-3-6-17(15)21)23(13-14)27(24,25)20-8-4-7-19-16(20)9-10-26-19/h2-11,13,22H,12H2,1H3. The number of hydrogen-bond donors (Lipinski definition) is 1. The Morgan fingerprint density at radius 1 is 1.11 bits per heavy atom. The molecule has 2 aromatic heterocycles. The van der Waals surface area contributed by atoms with Crippen molar-refractivity contribution in [1.82, 2.24) is 9.29 Å². The molecule has 0 fully saturated rings. The van der Waals surface area contributed by atoms with Gasteiger partial charge in [-0.05, 0) is 54.4 Å². The first-order valence-corrected chi connectivity index (χ1v) is 10.7. The zero-order chi connectivity index (χ0) is 19.0. The van der Waals surface area contributed by atoms with Crippen LogP contribution < -0.4 is 5.32 Å². The van der Waals surface area contributed by atoms with Crippen molar-refractivity contribution in [3.05, 3.63) is 77.6 Å². The van der Waals surface area contributed by atoms with Gasteiger partial charge in [0.05, 0.1) is 10.6 Å². The molecule has 2 aromatic carbocycles. The molecule has 7 heteroatoms. The van der Waals surface area contributed by atoms with Crippen molar-refractivity contribution in [3.8, 4) is 11.3 Å². The van der Waals surface area contributed by atoms with Crippen LogP contribution in [0.3, 0.4) is 0 Å². The number of aromatic nitrogens is 1. The van der Waals surface area contributed by atoms with Gasteiger partial charge in [0, 0.05) is 28.4 Å². The Hall–Kier alpha value is -2.48. The third-order valence-corrected chi connectivity index (χ3v) is 6.98. The lowest BCUT2D eigenvalue weighted by atomic mass is 10.1. The van der Waals surface area contributed by atoms with Crippen LogP contribution in [0, 0.1) is 5.82 Å². The molecule has 138 valence electrons. The number of benzene rings is 2. The SMILES string of the molecule is CNCc1cc(-c2ccccc2F)n(S(=O)(=O)c2cccc3sccc23)c1. The molecule has 4 aromatic rings. The first kappa shape index (κ1) is 17.9. The summed E-state index contributed by atoms with van der Waals surface area (Å²) in [5.41, 5.74) is 1.32. The van der Waals surface area contributed by atoms with Crippen LogP contribution in [0.1, 0.15) is 5.56 Å². The summed E-state index contributed by atoms with van der Waals surface area (Å²) in [6, 6.07) is 14.9. The highest BCUT2D eigenvalue weighted by molar-refractivity contribution is 7.90. The lowest BCUT2D eigenvalue weighted by Crippen LogP contribution is -2.14. The molecule has 0 saturated carbocycles. The summed E-state index contributed by atoms with van der Waals surface area (Å²) in [5.74, 6) is -0.461. The highest BCUT2D eigenvalue weighted by Crippen LogP contribution is 2.33. The van der Waals surface area contributed by atoms with Gasteiger partial charge in [-0.15, -0.1) is 11.3 Å². The second kappa shape index (κ2) is 6.92. The highest BCUT2D eigenvalue weighted by atomic mass is 32.2. The van der Waals surface area contributed by atoms with Crippen molar-refractivity contribution < 1.29 is 12.8 Å². The van der Waals surface area contributed by atoms with Crippen LogP contribution in [0.5, 0.6) is 0 Å². The molecule has 4 nitrogen and oxygen atoms in total. The van der Waals surface area contributed by atoms with Gasteiger partial charge >= 0.3 is 0 Å². The number of rotatable bonds is 5. The van der Waals surface area contributed by atoms with Crippen molar-refractivity contribution in [1.29, 1.82) is 0 Å². The van der Waals surface area contributed by atoms with Gasteiger partial charge in [-0.3, -0.25) is 0 Å². The van der Waals surface area contributed by atoms with Crippen molar-refractivity contribution in [2.24, 2.45) is 0 Å². The Bertz CT molecular complexity index is 1230. The molecule has 0 amide bonds. The van der Waals surface area contributed by atoms with E-state index in [4.69, 9.17) is 0 Å². The molecular formula is C20H17FN2O2S2. The quantitative estimate of drug-likeness (QED) is 0.538. The van der Waals surface area contributed by atoms with E-state index in [-0.39, 0.29) is 10.5 Å². The van der Waals surface area contributed by atoms with E-state index in [0.717, 1.165) is 10.3 Å². The van der Waals surface area contributed by atoms with Crippen molar-refractivity contribution in [2.45, 2.75) is 11.4 Å². The van der Waals surface area contributed by atoms with Crippen LogP contribution >= 0.6 is 11.3 Å². The van der Waals surface area contributed by atoms with Crippen LogP contribution in [0.25, 0.3) is 21.3 Å². The largest absolute Gasteiger partial charge is 0.316 e. The lowest BCUT2D eigenvalue weighted by Gasteiger charge is -2.12. The molecule has 0 spiro atoms. The predicted molar refractivity (Wildman–Crippen MR) is 107 cm³/mol. The van der Waals surface area contributed by atoms with Gasteiger partial charge in [0.15, 0.2) is 0 Å². The second-order valence-electron chi connectivity index (χ2n) is 6.13. The normalized spacial score (nSPS) is 11.9. The average molecular weight is 401 g/mol. The summed E-state index contributed by atoms with van der Waals surface area (Å²) in [4.78, 5) is 0.213. The Morgan fingerprint density at radius 2 is 1.93 bits per heavy atom. The zero-order valence-corrected chi connectivity index (χ0v) is 16.1. The molecule has 0 unspecified atom stereocenters. The van der Waals surface area contributed by atoms with Crippen molar-refractivity contribution in [2.75, 3.05) is 7.05 Å². The summed E-state index contributed by atoms with van der Waals surface area (Å²) in [5, 5.41) is 5.54. The molecule has 0 aliphatic carbocycles. The topological polar surface area (TPSA) is 51.1 Å². The van der Waals surface area contributed by atoms with Gasteiger partial charge in [-0.2, -0.15) is 0 Å². The highest BCUT2D eigenvalue weighted by Gasteiger charge is 2.25. The minimum Gasteiger partial charge on any atom is -0.316 e. The number of hydrogen-bond acceptors (Lipinski definition) is 4. The maximum Gasteiger partial charge on any atom is 0.268 e. The third kappa shape index (κ3) is 3.07. The lowest BCUT2D eigenvalue weighted by molar-refractivity contribution is 0.588. The van der Waals surface area contributed by atoms with Crippen molar-refractivity contribution in [3.63, 3.8) is 0 Å². The summed E-state index contributed by atoms with van der Waals surface area (Å²) in [7, 11) is -2.12. The number of nitrogens with one attached hydrogen (secondary N) is 1. The van der Waals surface area contributed by atoms with E-state index in [1.54, 1.807) is 55.7 Å². The first-order valence-electron chi connectivity index (χ1n) is 8.35. The van der Waals surface area contributed by atoms with Crippen LogP contribution in [-0.2, 0) is 16.6 Å². The number of halogens is 1. The minimum absolute atomic E-state index is 0.213. The fourth-order valence-corrected chi connectivity index (χ4v) is 5.64. The maximum absolute atomic E-state index is 14.4. The average Bonchev–Trinajstić information content (AvgIpc) is 3.29. The van der Waals surface area contributed by atoms with Gasteiger partial charge in [0.2, 0.25) is 0 Å². The van der Waals surface area contributed by atoms with Gasteiger partial charge in [-0.1, -0.05) is 18.2 Å². The van der Waals surface area contributed by atoms with Gasteiger partial charge in [0.1, 0.15) is 5.82 Å². The molecule has 0 saturated heterocycles. The Morgan fingerprint density at radius 3 is 2.70 bits per heavy atom. The Labute approximate surface area is 160 Å². The summed E-state index contributed by atoms with van der Waals surface area (Å²) < 4.78 is 43.5. The molecule has 0 aliphatic rings. The molecule has 27 heavy (non-hydrogen) atoms. The van der Waals surface area contributed by atoms with Gasteiger partial charge < -0.3 is 5.32 Å². The van der Waals surface area contributed by atoms with Crippen LogP contribution in [-0.4, -0.2) is 19.4 Å². The third-order valence-electron chi connectivity index (χ3n) is 4.37. The van der Waals surface area contributed by atoms with E-state index in [2.05, 4.69) is 5.32 Å². The first-order chi connectivity index (χ1) is 13.0. The van der Waals surface area contributed by atoms with Gasteiger partial charge in [-0.25, -0.2) is 16.8 Å². The fraction of sp³-hybridized carbons (Fsp3) is 0.100. The number of thiophene rings is 1. The molecule has 0 radical (unpaired) electrons. The van der Waals surface area contributed by atoms with Crippen LogP contribution in [0.2, 0.25) is 0 Å². The zero-order valence-electron chi connectivity index (χ0n) is 14.5. The van der Waals surface area contributed by atoms with Crippen LogP contribution in [0.4, 0.5) is 4.39 Å². The maximum atomic E-state index is 14.4. The second-order valence-corrected chi connectivity index (χ2v) is 8.86. The molecular weight excluding hydrogens is 383 g/mol. The molecule has 0 aliphatic heterocycles. The van der Waals surface area contributed by atoms with E-state index in [0.29, 0.717) is 17.6 Å². The summed E-state index contributed by atoms with van der Waals surface area (Å²) in [6.07, 6.45) is 1.55. The van der Waals surface area contributed by atoms with E-state index in [1.165, 1.54) is 21.4 Å². The molecule has 4 rings (SSSR count). The van der Waals surface area contributed by atoms with E-state index in [1.807, 2.05) is 11.4 Å². The minimum atomic E-state index is -3.90. The van der Waals surface area contributed by atoms with Crippen molar-refractivity contribution >= 4 is 31.4 Å².